The van der Waals surface area contributed by atoms with Gasteiger partial charge in [0.25, 0.3) is 0 Å². The molecular weight excluding hydrogens is 441 g/mol. The minimum absolute atomic E-state index is 0.0906. The maximum Gasteiger partial charge on any atom is 0.202 e. The van der Waals surface area contributed by atoms with Gasteiger partial charge in [-0.3, -0.25) is 9.78 Å². The van der Waals surface area contributed by atoms with E-state index in [1.54, 1.807) is 12.1 Å². The molecular formula is C26H23ClFN3O2. The molecule has 1 aliphatic carbocycles. The van der Waals surface area contributed by atoms with Crippen LogP contribution in [0.4, 0.5) is 4.39 Å². The molecule has 0 saturated heterocycles. The highest BCUT2D eigenvalue weighted by Gasteiger charge is 2.23. The molecule has 3 heterocycles. The van der Waals surface area contributed by atoms with Crippen molar-refractivity contribution < 1.29 is 13.6 Å². The molecule has 0 atom stereocenters. The van der Waals surface area contributed by atoms with E-state index in [0.717, 1.165) is 29.7 Å². The van der Waals surface area contributed by atoms with Gasteiger partial charge < -0.3 is 8.98 Å². The molecule has 0 bridgehead atoms. The van der Waals surface area contributed by atoms with Crippen molar-refractivity contribution >= 4 is 17.4 Å². The number of carbonyl (C=O) groups is 1. The maximum atomic E-state index is 13.9. The summed E-state index contributed by atoms with van der Waals surface area (Å²) < 4.78 is 22.1. The van der Waals surface area contributed by atoms with Crippen molar-refractivity contribution in [3.05, 3.63) is 83.3 Å². The number of furan rings is 1. The molecule has 3 aromatic heterocycles. The number of ketones is 1. The Morgan fingerprint density at radius 3 is 2.67 bits per heavy atom. The van der Waals surface area contributed by atoms with Crippen LogP contribution in [0.5, 0.6) is 0 Å². The van der Waals surface area contributed by atoms with Crippen LogP contribution in [0.2, 0.25) is 5.02 Å². The number of aromatic nitrogens is 3. The average molecular weight is 464 g/mol. The van der Waals surface area contributed by atoms with Gasteiger partial charge in [-0.1, -0.05) is 36.6 Å². The van der Waals surface area contributed by atoms with E-state index in [4.69, 9.17) is 16.0 Å². The second-order valence-corrected chi connectivity index (χ2v) is 8.92. The standard InChI is InChI=1S/C26H23ClFN3O2/c27-20-7-5-18(6-8-20)25-26(31(16-30-25)15-17-3-1-2-4-17)24-10-9-23(33-24)22(32)13-19-11-12-29-14-21(19)28/h5-12,14,16-17H,1-4,13,15H2. The highest BCUT2D eigenvalue weighted by atomic mass is 35.5. The Hall–Kier alpha value is -3.25. The third-order valence-electron chi connectivity index (χ3n) is 6.21. The quantitative estimate of drug-likeness (QED) is 0.289. The first-order chi connectivity index (χ1) is 16.1. The SMILES string of the molecule is O=C(Cc1ccncc1F)c1ccc(-c2c(-c3ccc(Cl)cc3)ncn2CC2CCCC2)o1. The van der Waals surface area contributed by atoms with Crippen LogP contribution in [0.3, 0.4) is 0 Å². The summed E-state index contributed by atoms with van der Waals surface area (Å²) in [6, 6.07) is 12.5. The summed E-state index contributed by atoms with van der Waals surface area (Å²) >= 11 is 6.08. The fourth-order valence-electron chi connectivity index (χ4n) is 4.49. The van der Waals surface area contributed by atoms with Crippen molar-refractivity contribution in [1.29, 1.82) is 0 Å². The van der Waals surface area contributed by atoms with Gasteiger partial charge in [-0.25, -0.2) is 9.37 Å². The van der Waals surface area contributed by atoms with E-state index in [1.165, 1.54) is 37.9 Å². The van der Waals surface area contributed by atoms with Crippen molar-refractivity contribution in [2.45, 2.75) is 38.6 Å². The summed E-state index contributed by atoms with van der Waals surface area (Å²) in [7, 11) is 0. The molecule has 33 heavy (non-hydrogen) atoms. The Bertz CT molecular complexity index is 1270. The Morgan fingerprint density at radius 1 is 1.12 bits per heavy atom. The molecule has 1 fully saturated rings. The number of hydrogen-bond acceptors (Lipinski definition) is 4. The van der Waals surface area contributed by atoms with Gasteiger partial charge in [0, 0.05) is 29.7 Å². The predicted molar refractivity (Wildman–Crippen MR) is 125 cm³/mol. The van der Waals surface area contributed by atoms with Crippen molar-refractivity contribution in [2.24, 2.45) is 5.92 Å². The number of nitrogens with zero attached hydrogens (tertiary/aromatic N) is 3. The molecule has 5 rings (SSSR count). The van der Waals surface area contributed by atoms with Gasteiger partial charge in [0.1, 0.15) is 11.5 Å². The third kappa shape index (κ3) is 4.62. The number of hydrogen-bond donors (Lipinski definition) is 0. The van der Waals surface area contributed by atoms with E-state index in [1.807, 2.05) is 30.6 Å². The molecule has 1 saturated carbocycles. The first-order valence-electron chi connectivity index (χ1n) is 11.1. The maximum absolute atomic E-state index is 13.9. The van der Waals surface area contributed by atoms with Crippen molar-refractivity contribution in [2.75, 3.05) is 0 Å². The Balaban J connectivity index is 1.49. The van der Waals surface area contributed by atoms with E-state index in [2.05, 4.69) is 14.5 Å². The Morgan fingerprint density at radius 2 is 1.91 bits per heavy atom. The summed E-state index contributed by atoms with van der Waals surface area (Å²) in [4.78, 5) is 21.2. The second-order valence-electron chi connectivity index (χ2n) is 8.48. The molecule has 0 radical (unpaired) electrons. The number of imidazole rings is 1. The van der Waals surface area contributed by atoms with Crippen molar-refractivity contribution in [1.82, 2.24) is 14.5 Å². The van der Waals surface area contributed by atoms with Gasteiger partial charge in [-0.05, 0) is 54.7 Å². The van der Waals surface area contributed by atoms with Crippen LogP contribution < -0.4 is 0 Å². The first-order valence-corrected chi connectivity index (χ1v) is 11.5. The van der Waals surface area contributed by atoms with Crippen molar-refractivity contribution in [3.8, 4) is 22.7 Å². The van der Waals surface area contributed by atoms with E-state index in [-0.39, 0.29) is 18.0 Å². The van der Waals surface area contributed by atoms with Crippen LogP contribution in [0.25, 0.3) is 22.7 Å². The highest BCUT2D eigenvalue weighted by molar-refractivity contribution is 6.30. The number of Topliss-reactive ketones (excluding diaryl/α,β-unsaturated/α-hetero) is 1. The molecule has 0 spiro atoms. The van der Waals surface area contributed by atoms with Gasteiger partial charge in [0.15, 0.2) is 11.5 Å². The van der Waals surface area contributed by atoms with Crippen LogP contribution in [0.1, 0.15) is 41.8 Å². The molecule has 0 amide bonds. The molecule has 0 N–H and O–H groups in total. The molecule has 0 aliphatic heterocycles. The van der Waals surface area contributed by atoms with Gasteiger partial charge >= 0.3 is 0 Å². The number of benzene rings is 1. The molecule has 1 aliphatic rings. The largest absolute Gasteiger partial charge is 0.451 e. The Labute approximate surface area is 196 Å². The molecule has 0 unspecified atom stereocenters. The van der Waals surface area contributed by atoms with Crippen LogP contribution >= 0.6 is 11.6 Å². The van der Waals surface area contributed by atoms with Gasteiger partial charge in [-0.2, -0.15) is 0 Å². The van der Waals surface area contributed by atoms with E-state index < -0.39 is 5.82 Å². The zero-order chi connectivity index (χ0) is 22.8. The number of rotatable bonds is 7. The lowest BCUT2D eigenvalue weighted by molar-refractivity contribution is 0.0966. The number of halogens is 2. The van der Waals surface area contributed by atoms with Crippen LogP contribution in [0, 0.1) is 11.7 Å². The lowest BCUT2D eigenvalue weighted by atomic mass is 10.1. The molecule has 5 nitrogen and oxygen atoms in total. The summed E-state index contributed by atoms with van der Waals surface area (Å²) in [6.07, 6.45) is 9.24. The topological polar surface area (TPSA) is 60.9 Å². The van der Waals surface area contributed by atoms with Crippen LogP contribution in [-0.4, -0.2) is 20.3 Å². The number of carbonyl (C=O) groups excluding carboxylic acids is 1. The minimum Gasteiger partial charge on any atom is -0.451 e. The smallest absolute Gasteiger partial charge is 0.202 e. The van der Waals surface area contributed by atoms with Gasteiger partial charge in [-0.15, -0.1) is 0 Å². The normalized spacial score (nSPS) is 14.1. The zero-order valence-corrected chi connectivity index (χ0v) is 18.8. The monoisotopic (exact) mass is 463 g/mol. The van der Waals surface area contributed by atoms with E-state index >= 15 is 0 Å². The zero-order valence-electron chi connectivity index (χ0n) is 18.0. The summed E-state index contributed by atoms with van der Waals surface area (Å²) in [5.41, 5.74) is 2.82. The summed E-state index contributed by atoms with van der Waals surface area (Å²) in [6.45, 7) is 0.849. The van der Waals surface area contributed by atoms with Crippen molar-refractivity contribution in [3.63, 3.8) is 0 Å². The summed E-state index contributed by atoms with van der Waals surface area (Å²) in [5.74, 6) is 0.561. The fraction of sp³-hybridized carbons (Fsp3) is 0.269. The van der Waals surface area contributed by atoms with E-state index in [9.17, 15) is 9.18 Å². The van der Waals surface area contributed by atoms with Crippen LogP contribution in [-0.2, 0) is 13.0 Å². The predicted octanol–water partition coefficient (Wildman–Crippen LogP) is 6.61. The van der Waals surface area contributed by atoms with E-state index in [0.29, 0.717) is 22.3 Å². The fourth-order valence-corrected chi connectivity index (χ4v) is 4.62. The van der Waals surface area contributed by atoms with Gasteiger partial charge in [0.2, 0.25) is 5.78 Å². The highest BCUT2D eigenvalue weighted by Crippen LogP contribution is 2.35. The number of pyridine rings is 1. The average Bonchev–Trinajstić information content (AvgIpc) is 3.57. The molecule has 7 heteroatoms. The summed E-state index contributed by atoms with van der Waals surface area (Å²) in [5, 5.41) is 0.653. The Kier molecular flexibility index (Phi) is 6.09. The molecule has 4 aromatic rings. The lowest BCUT2D eigenvalue weighted by Gasteiger charge is -2.13. The third-order valence-corrected chi connectivity index (χ3v) is 6.46. The van der Waals surface area contributed by atoms with Gasteiger partial charge in [0.05, 0.1) is 18.2 Å². The lowest BCUT2D eigenvalue weighted by Crippen LogP contribution is -2.07. The van der Waals surface area contributed by atoms with Crippen LogP contribution in [0.15, 0.2) is 65.6 Å². The molecule has 168 valence electrons. The second kappa shape index (κ2) is 9.32. The minimum atomic E-state index is -0.503. The molecule has 1 aromatic carbocycles. The first kappa shape index (κ1) is 21.6.